The Hall–Kier alpha value is -4.35. The summed E-state index contributed by atoms with van der Waals surface area (Å²) in [6.45, 7) is 7.79. The first kappa shape index (κ1) is 22.1. The normalized spacial score (nSPS) is 14.6. The van der Waals surface area contributed by atoms with E-state index in [1.54, 1.807) is 29.4 Å². The highest BCUT2D eigenvalue weighted by Gasteiger charge is 2.33. The molecule has 1 amide bonds. The highest BCUT2D eigenvalue weighted by atomic mass is 35.5. The Bertz CT molecular complexity index is 1620. The van der Waals surface area contributed by atoms with Crippen LogP contribution in [0, 0.1) is 6.57 Å². The minimum Gasteiger partial charge on any atom is -0.317 e. The van der Waals surface area contributed by atoms with Crippen LogP contribution in [0.5, 0.6) is 0 Å². The maximum atomic E-state index is 13.4. The molecule has 36 heavy (non-hydrogen) atoms. The number of anilines is 1. The molecule has 1 saturated carbocycles. The number of halogens is 1. The molecule has 0 saturated heterocycles. The van der Waals surface area contributed by atoms with Gasteiger partial charge in [-0.05, 0) is 59.9 Å². The zero-order chi connectivity index (χ0) is 25.0. The summed E-state index contributed by atoms with van der Waals surface area (Å²) in [7, 11) is 1.86. The summed E-state index contributed by atoms with van der Waals surface area (Å²) in [5, 5.41) is 8.61. The third-order valence-corrected chi connectivity index (χ3v) is 6.98. The molecule has 0 spiro atoms. The van der Waals surface area contributed by atoms with Crippen molar-refractivity contribution in [1.29, 1.82) is 0 Å². The molecule has 1 fully saturated rings. The Morgan fingerprint density at radius 1 is 1.11 bits per heavy atom. The number of nitrogens with zero attached hydrogens (tertiary/aromatic N) is 6. The predicted octanol–water partition coefficient (Wildman–Crippen LogP) is 5.60. The van der Waals surface area contributed by atoms with Gasteiger partial charge in [0.15, 0.2) is 17.8 Å². The van der Waals surface area contributed by atoms with Gasteiger partial charge in [0.25, 0.3) is 5.91 Å². The van der Waals surface area contributed by atoms with Gasteiger partial charge in [-0.3, -0.25) is 14.5 Å². The molecule has 2 aliphatic rings. The minimum absolute atomic E-state index is 0.215. The quantitative estimate of drug-likeness (QED) is 0.266. The third kappa shape index (κ3) is 3.65. The number of aryl methyl sites for hydroxylation is 1. The lowest BCUT2D eigenvalue weighted by atomic mass is 9.97. The smallest absolute Gasteiger partial charge is 0.260 e. The van der Waals surface area contributed by atoms with E-state index in [2.05, 4.69) is 21.1 Å². The largest absolute Gasteiger partial charge is 0.317 e. The standard InChI is InChI=1S/C27H19ClN6O2/c1-29-19-5-6-20(22(11-19)26-32-30-14-33(26)2)16-9-24(15-3-4-15)31-25(10-16)34-12-17-8-23(28)18(13-35)7-21(17)27(34)36/h5-11,13-15H,3-4,12H2,2H3. The monoisotopic (exact) mass is 494 g/mol. The van der Waals surface area contributed by atoms with Crippen LogP contribution in [0.2, 0.25) is 5.02 Å². The van der Waals surface area contributed by atoms with E-state index in [0.29, 0.717) is 52.2 Å². The fraction of sp³-hybridized carbons (Fsp3) is 0.185. The number of aldehydes is 1. The lowest BCUT2D eigenvalue weighted by Crippen LogP contribution is -2.24. The Morgan fingerprint density at radius 2 is 1.94 bits per heavy atom. The molecule has 2 aromatic carbocycles. The molecule has 8 nitrogen and oxygen atoms in total. The first-order chi connectivity index (χ1) is 17.5. The Labute approximate surface area is 212 Å². The second-order valence-electron chi connectivity index (χ2n) is 9.06. The van der Waals surface area contributed by atoms with Crippen LogP contribution < -0.4 is 4.90 Å². The van der Waals surface area contributed by atoms with Crippen molar-refractivity contribution in [1.82, 2.24) is 19.7 Å². The van der Waals surface area contributed by atoms with Crippen molar-refractivity contribution in [3.8, 4) is 22.5 Å². The summed E-state index contributed by atoms with van der Waals surface area (Å²) in [6.07, 6.45) is 4.38. The van der Waals surface area contributed by atoms with E-state index in [9.17, 15) is 9.59 Å². The molecule has 0 radical (unpaired) electrons. The number of hydrogen-bond acceptors (Lipinski definition) is 5. The lowest BCUT2D eigenvalue weighted by molar-refractivity contribution is 0.0996. The van der Waals surface area contributed by atoms with Gasteiger partial charge >= 0.3 is 0 Å². The van der Waals surface area contributed by atoms with Crippen LogP contribution in [0.3, 0.4) is 0 Å². The predicted molar refractivity (Wildman–Crippen MR) is 135 cm³/mol. The molecule has 0 atom stereocenters. The van der Waals surface area contributed by atoms with Crippen molar-refractivity contribution < 1.29 is 9.59 Å². The van der Waals surface area contributed by atoms with Gasteiger partial charge in [0.05, 0.1) is 18.1 Å². The fourth-order valence-electron chi connectivity index (χ4n) is 4.61. The van der Waals surface area contributed by atoms with E-state index < -0.39 is 0 Å². The van der Waals surface area contributed by atoms with Crippen LogP contribution in [-0.2, 0) is 13.6 Å². The first-order valence-corrected chi connectivity index (χ1v) is 11.8. The highest BCUT2D eigenvalue weighted by molar-refractivity contribution is 6.33. The second kappa shape index (κ2) is 8.40. The van der Waals surface area contributed by atoms with E-state index in [-0.39, 0.29) is 5.91 Å². The summed E-state index contributed by atoms with van der Waals surface area (Å²) in [5.74, 6) is 1.31. The SMILES string of the molecule is [C-]#[N+]c1ccc(-c2cc(C3CC3)nc(N3Cc4cc(Cl)c(C=O)cc4C3=O)c2)c(-c2nncn2C)c1. The molecular formula is C27H19ClN6O2. The Kier molecular flexibility index (Phi) is 5.16. The number of carbonyl (C=O) groups excluding carboxylic acids is 2. The van der Waals surface area contributed by atoms with Gasteiger partial charge in [0.1, 0.15) is 12.1 Å². The van der Waals surface area contributed by atoms with E-state index in [0.717, 1.165) is 40.8 Å². The molecule has 1 aliphatic carbocycles. The summed E-state index contributed by atoms with van der Waals surface area (Å²) in [5.41, 5.74) is 5.48. The molecule has 4 aromatic rings. The topological polar surface area (TPSA) is 85.3 Å². The van der Waals surface area contributed by atoms with Crippen molar-refractivity contribution in [2.45, 2.75) is 25.3 Å². The molecule has 0 bridgehead atoms. The Morgan fingerprint density at radius 3 is 2.64 bits per heavy atom. The summed E-state index contributed by atoms with van der Waals surface area (Å²) in [4.78, 5) is 34.8. The number of benzene rings is 2. The maximum absolute atomic E-state index is 13.4. The van der Waals surface area contributed by atoms with Crippen LogP contribution in [0.15, 0.2) is 48.8 Å². The molecule has 176 valence electrons. The molecule has 9 heteroatoms. The Balaban J connectivity index is 1.49. The van der Waals surface area contributed by atoms with Crippen LogP contribution in [0.1, 0.15) is 50.7 Å². The highest BCUT2D eigenvalue weighted by Crippen LogP contribution is 2.43. The van der Waals surface area contributed by atoms with Gasteiger partial charge in [-0.2, -0.15) is 0 Å². The minimum atomic E-state index is -0.215. The number of hydrogen-bond donors (Lipinski definition) is 0. The van der Waals surface area contributed by atoms with Crippen molar-refractivity contribution in [2.75, 3.05) is 4.90 Å². The van der Waals surface area contributed by atoms with Crippen molar-refractivity contribution in [3.63, 3.8) is 0 Å². The maximum Gasteiger partial charge on any atom is 0.260 e. The summed E-state index contributed by atoms with van der Waals surface area (Å²) in [6, 6.07) is 12.7. The molecule has 3 heterocycles. The van der Waals surface area contributed by atoms with E-state index in [1.807, 2.05) is 29.8 Å². The second-order valence-corrected chi connectivity index (χ2v) is 9.47. The average Bonchev–Trinajstić information content (AvgIpc) is 3.59. The van der Waals surface area contributed by atoms with Gasteiger partial charge in [0, 0.05) is 35.3 Å². The zero-order valence-electron chi connectivity index (χ0n) is 19.3. The van der Waals surface area contributed by atoms with Crippen molar-refractivity contribution >= 4 is 35.3 Å². The summed E-state index contributed by atoms with van der Waals surface area (Å²) >= 11 is 6.22. The third-order valence-electron chi connectivity index (χ3n) is 6.65. The fourth-order valence-corrected chi connectivity index (χ4v) is 4.84. The van der Waals surface area contributed by atoms with Crippen LogP contribution >= 0.6 is 11.6 Å². The number of carbonyl (C=O) groups is 2. The van der Waals surface area contributed by atoms with E-state index >= 15 is 0 Å². The van der Waals surface area contributed by atoms with Crippen molar-refractivity contribution in [3.05, 3.63) is 87.6 Å². The van der Waals surface area contributed by atoms with E-state index in [1.165, 1.54) is 0 Å². The van der Waals surface area contributed by atoms with Gasteiger partial charge in [-0.25, -0.2) is 9.83 Å². The number of fused-ring (bicyclic) bond motifs is 1. The molecule has 6 rings (SSSR count). The lowest BCUT2D eigenvalue weighted by Gasteiger charge is -2.18. The average molecular weight is 495 g/mol. The molecular weight excluding hydrogens is 476 g/mol. The molecule has 2 aromatic heterocycles. The van der Waals surface area contributed by atoms with Crippen LogP contribution in [0.4, 0.5) is 11.5 Å². The number of pyridine rings is 1. The number of rotatable bonds is 5. The van der Waals surface area contributed by atoms with Gasteiger partial charge in [-0.1, -0.05) is 23.7 Å². The molecule has 1 aliphatic heterocycles. The zero-order valence-corrected chi connectivity index (χ0v) is 20.0. The molecule has 0 N–H and O–H groups in total. The van der Waals surface area contributed by atoms with Gasteiger partial charge in [0.2, 0.25) is 0 Å². The van der Waals surface area contributed by atoms with Gasteiger partial charge < -0.3 is 4.57 Å². The van der Waals surface area contributed by atoms with Crippen LogP contribution in [0.25, 0.3) is 27.4 Å². The number of amides is 1. The number of aromatic nitrogens is 4. The van der Waals surface area contributed by atoms with Crippen molar-refractivity contribution in [2.24, 2.45) is 7.05 Å². The summed E-state index contributed by atoms with van der Waals surface area (Å²) < 4.78 is 1.81. The van der Waals surface area contributed by atoms with Crippen LogP contribution in [-0.4, -0.2) is 31.9 Å². The molecule has 0 unspecified atom stereocenters. The van der Waals surface area contributed by atoms with Gasteiger partial charge in [-0.15, -0.1) is 10.2 Å². The van der Waals surface area contributed by atoms with E-state index in [4.69, 9.17) is 23.2 Å². The first-order valence-electron chi connectivity index (χ1n) is 11.4.